The molecule has 0 aliphatic carbocycles. The summed E-state index contributed by atoms with van der Waals surface area (Å²) in [7, 11) is 3.32. The molecular formula is C10H11N3O3. The summed E-state index contributed by atoms with van der Waals surface area (Å²) in [6, 6.07) is 4.42. The van der Waals surface area contributed by atoms with Crippen molar-refractivity contribution in [2.24, 2.45) is 0 Å². The third-order valence-corrected chi connectivity index (χ3v) is 2.66. The number of carbonyl (C=O) groups excluding carboxylic acids is 1. The van der Waals surface area contributed by atoms with Crippen molar-refractivity contribution in [1.82, 2.24) is 4.90 Å². The highest BCUT2D eigenvalue weighted by atomic mass is 16.6. The van der Waals surface area contributed by atoms with Crippen LogP contribution in [0.4, 0.5) is 16.2 Å². The Balaban J connectivity index is 2.49. The fraction of sp³-hybridized carbons (Fsp3) is 0.300. The number of amides is 2. The molecule has 2 amide bonds. The lowest BCUT2D eigenvalue weighted by atomic mass is 10.1. The van der Waals surface area contributed by atoms with E-state index < -0.39 is 4.92 Å². The molecular weight excluding hydrogens is 210 g/mol. The van der Waals surface area contributed by atoms with Gasteiger partial charge in [0.05, 0.1) is 10.6 Å². The number of urea groups is 1. The number of nitro benzene ring substituents is 1. The Labute approximate surface area is 92.2 Å². The van der Waals surface area contributed by atoms with E-state index in [0.29, 0.717) is 6.54 Å². The maximum Gasteiger partial charge on any atom is 0.324 e. The predicted octanol–water partition coefficient (Wildman–Crippen LogP) is 1.60. The van der Waals surface area contributed by atoms with Crippen LogP contribution in [0.2, 0.25) is 0 Å². The lowest BCUT2D eigenvalue weighted by Gasteiger charge is -2.32. The van der Waals surface area contributed by atoms with Gasteiger partial charge in [-0.2, -0.15) is 0 Å². The van der Waals surface area contributed by atoms with Crippen LogP contribution >= 0.6 is 0 Å². The van der Waals surface area contributed by atoms with Crippen molar-refractivity contribution in [3.63, 3.8) is 0 Å². The Morgan fingerprint density at radius 3 is 2.69 bits per heavy atom. The molecule has 6 nitrogen and oxygen atoms in total. The topological polar surface area (TPSA) is 66.7 Å². The van der Waals surface area contributed by atoms with E-state index in [0.717, 1.165) is 11.3 Å². The van der Waals surface area contributed by atoms with Crippen molar-refractivity contribution < 1.29 is 9.72 Å². The summed E-state index contributed by atoms with van der Waals surface area (Å²) in [6.45, 7) is 0.403. The van der Waals surface area contributed by atoms with Gasteiger partial charge in [-0.15, -0.1) is 0 Å². The molecule has 0 spiro atoms. The van der Waals surface area contributed by atoms with Crippen molar-refractivity contribution in [2.75, 3.05) is 19.0 Å². The van der Waals surface area contributed by atoms with Crippen LogP contribution in [0.15, 0.2) is 18.2 Å². The zero-order chi connectivity index (χ0) is 11.9. The fourth-order valence-corrected chi connectivity index (χ4v) is 1.82. The average molecular weight is 221 g/mol. The molecule has 0 saturated carbocycles. The first-order chi connectivity index (χ1) is 7.50. The molecule has 0 aromatic heterocycles. The average Bonchev–Trinajstić information content (AvgIpc) is 2.25. The Kier molecular flexibility index (Phi) is 2.26. The molecule has 1 aromatic rings. The van der Waals surface area contributed by atoms with Crippen LogP contribution in [0.1, 0.15) is 5.56 Å². The number of anilines is 1. The van der Waals surface area contributed by atoms with Crippen LogP contribution in [-0.2, 0) is 6.54 Å². The smallest absolute Gasteiger partial charge is 0.323 e. The summed E-state index contributed by atoms with van der Waals surface area (Å²) in [5, 5.41) is 10.6. The highest BCUT2D eigenvalue weighted by Crippen LogP contribution is 2.29. The first-order valence-electron chi connectivity index (χ1n) is 4.77. The second-order valence-corrected chi connectivity index (χ2v) is 3.77. The van der Waals surface area contributed by atoms with Gasteiger partial charge < -0.3 is 4.90 Å². The molecule has 1 heterocycles. The zero-order valence-electron chi connectivity index (χ0n) is 9.01. The van der Waals surface area contributed by atoms with Crippen LogP contribution in [0.3, 0.4) is 0 Å². The van der Waals surface area contributed by atoms with Crippen molar-refractivity contribution in [2.45, 2.75) is 6.54 Å². The van der Waals surface area contributed by atoms with E-state index in [1.807, 2.05) is 0 Å². The molecule has 6 heteroatoms. The van der Waals surface area contributed by atoms with Crippen molar-refractivity contribution >= 4 is 17.4 Å². The van der Waals surface area contributed by atoms with Gasteiger partial charge in [-0.25, -0.2) is 4.79 Å². The standard InChI is InChI=1S/C10H11N3O3/c1-11-6-7-5-8(13(15)16)3-4-9(7)12(2)10(11)14/h3-5H,6H2,1-2H3. The Hall–Kier alpha value is -2.11. The number of nitro groups is 1. The molecule has 0 N–H and O–H groups in total. The van der Waals surface area contributed by atoms with Gasteiger partial charge in [-0.1, -0.05) is 0 Å². The first-order valence-corrected chi connectivity index (χ1v) is 4.77. The summed E-state index contributed by atoms with van der Waals surface area (Å²) in [4.78, 5) is 24.8. The number of hydrogen-bond donors (Lipinski definition) is 0. The number of nitrogens with zero attached hydrogens (tertiary/aromatic N) is 3. The summed E-state index contributed by atoms with van der Waals surface area (Å²) >= 11 is 0. The highest BCUT2D eigenvalue weighted by molar-refractivity contribution is 5.94. The minimum atomic E-state index is -0.434. The van der Waals surface area contributed by atoms with Gasteiger partial charge >= 0.3 is 6.03 Å². The van der Waals surface area contributed by atoms with E-state index in [1.165, 1.54) is 21.9 Å². The lowest BCUT2D eigenvalue weighted by molar-refractivity contribution is -0.384. The summed E-state index contributed by atoms with van der Waals surface area (Å²) in [6.07, 6.45) is 0. The van der Waals surface area contributed by atoms with E-state index in [1.54, 1.807) is 20.2 Å². The second-order valence-electron chi connectivity index (χ2n) is 3.77. The molecule has 0 atom stereocenters. The SMILES string of the molecule is CN1Cc2cc([N+](=O)[O-])ccc2N(C)C1=O. The monoisotopic (exact) mass is 221 g/mol. The van der Waals surface area contributed by atoms with E-state index in [4.69, 9.17) is 0 Å². The van der Waals surface area contributed by atoms with Crippen LogP contribution < -0.4 is 4.90 Å². The van der Waals surface area contributed by atoms with Crippen LogP contribution in [0, 0.1) is 10.1 Å². The molecule has 2 rings (SSSR count). The molecule has 84 valence electrons. The van der Waals surface area contributed by atoms with Gasteiger partial charge in [0.2, 0.25) is 0 Å². The normalized spacial score (nSPS) is 15.0. The van der Waals surface area contributed by atoms with Crippen LogP contribution in [0.5, 0.6) is 0 Å². The minimum Gasteiger partial charge on any atom is -0.323 e. The van der Waals surface area contributed by atoms with Gasteiger partial charge in [-0.05, 0) is 6.07 Å². The predicted molar refractivity (Wildman–Crippen MR) is 58.4 cm³/mol. The van der Waals surface area contributed by atoms with E-state index in [-0.39, 0.29) is 11.7 Å². The van der Waals surface area contributed by atoms with Crippen molar-refractivity contribution in [3.05, 3.63) is 33.9 Å². The maximum atomic E-state index is 11.6. The molecule has 1 aliphatic heterocycles. The Morgan fingerprint density at radius 1 is 1.38 bits per heavy atom. The first kappa shape index (κ1) is 10.4. The summed E-state index contributed by atoms with van der Waals surface area (Å²) < 4.78 is 0. The quantitative estimate of drug-likeness (QED) is 0.534. The molecule has 0 saturated heterocycles. The van der Waals surface area contributed by atoms with Gasteiger partial charge in [0.25, 0.3) is 5.69 Å². The highest BCUT2D eigenvalue weighted by Gasteiger charge is 2.26. The Bertz CT molecular complexity index is 472. The molecule has 0 unspecified atom stereocenters. The maximum absolute atomic E-state index is 11.6. The zero-order valence-corrected chi connectivity index (χ0v) is 9.01. The molecule has 0 fully saturated rings. The number of hydrogen-bond acceptors (Lipinski definition) is 3. The van der Waals surface area contributed by atoms with E-state index in [9.17, 15) is 14.9 Å². The second kappa shape index (κ2) is 3.48. The summed E-state index contributed by atoms with van der Waals surface area (Å²) in [5.41, 5.74) is 1.57. The van der Waals surface area contributed by atoms with Crippen LogP contribution in [0.25, 0.3) is 0 Å². The van der Waals surface area contributed by atoms with Gasteiger partial charge in [0.1, 0.15) is 0 Å². The van der Waals surface area contributed by atoms with Crippen molar-refractivity contribution in [3.8, 4) is 0 Å². The molecule has 0 bridgehead atoms. The molecule has 1 aliphatic rings. The van der Waals surface area contributed by atoms with Crippen molar-refractivity contribution in [1.29, 1.82) is 0 Å². The number of non-ortho nitro benzene ring substituents is 1. The molecule has 16 heavy (non-hydrogen) atoms. The minimum absolute atomic E-state index is 0.0508. The third-order valence-electron chi connectivity index (χ3n) is 2.66. The number of rotatable bonds is 1. The van der Waals surface area contributed by atoms with E-state index >= 15 is 0 Å². The van der Waals surface area contributed by atoms with E-state index in [2.05, 4.69) is 0 Å². The molecule has 1 aromatic carbocycles. The number of carbonyl (C=O) groups is 1. The number of fused-ring (bicyclic) bond motifs is 1. The van der Waals surface area contributed by atoms with Gasteiger partial charge in [0.15, 0.2) is 0 Å². The third kappa shape index (κ3) is 1.48. The lowest BCUT2D eigenvalue weighted by Crippen LogP contribution is -2.42. The fourth-order valence-electron chi connectivity index (χ4n) is 1.82. The van der Waals surface area contributed by atoms with Gasteiger partial charge in [-0.3, -0.25) is 15.0 Å². The molecule has 0 radical (unpaired) electrons. The van der Waals surface area contributed by atoms with Crippen LogP contribution in [-0.4, -0.2) is 29.9 Å². The van der Waals surface area contributed by atoms with Gasteiger partial charge in [0, 0.05) is 38.3 Å². The number of benzene rings is 1. The Morgan fingerprint density at radius 2 is 2.06 bits per heavy atom. The summed E-state index contributed by atoms with van der Waals surface area (Å²) in [5.74, 6) is 0. The largest absolute Gasteiger partial charge is 0.324 e.